The molecule has 1 amide bonds. The Kier molecular flexibility index (Phi) is 6.87. The second kappa shape index (κ2) is 8.90. The third-order valence-electron chi connectivity index (χ3n) is 4.96. The summed E-state index contributed by atoms with van der Waals surface area (Å²) in [6, 6.07) is 2.39. The molecule has 1 saturated carbocycles. The van der Waals surface area contributed by atoms with Crippen LogP contribution in [-0.4, -0.2) is 73.0 Å². The van der Waals surface area contributed by atoms with E-state index in [1.165, 1.54) is 19.3 Å². The van der Waals surface area contributed by atoms with Crippen molar-refractivity contribution in [2.45, 2.75) is 38.1 Å². The highest BCUT2D eigenvalue weighted by Crippen LogP contribution is 2.22. The Morgan fingerprint density at radius 1 is 1.26 bits per heavy atom. The summed E-state index contributed by atoms with van der Waals surface area (Å²) in [5, 5.41) is 9.39. The predicted molar refractivity (Wildman–Crippen MR) is 90.4 cm³/mol. The Morgan fingerprint density at radius 3 is 2.48 bits per heavy atom. The van der Waals surface area contributed by atoms with E-state index in [1.807, 2.05) is 7.05 Å². The smallest absolute Gasteiger partial charge is 0.265 e. The number of hydrogen-bond acceptors (Lipinski definition) is 5. The zero-order chi connectivity index (χ0) is 16.7. The van der Waals surface area contributed by atoms with Crippen molar-refractivity contribution < 1.29 is 4.79 Å². The highest BCUT2D eigenvalue weighted by molar-refractivity contribution is 5.97. The van der Waals surface area contributed by atoms with Crippen molar-refractivity contribution in [3.8, 4) is 6.07 Å². The molecule has 6 nitrogen and oxygen atoms in total. The first kappa shape index (κ1) is 17.8. The molecule has 1 heterocycles. The average Bonchev–Trinajstić information content (AvgIpc) is 2.61. The lowest BCUT2D eigenvalue weighted by molar-refractivity contribution is -0.128. The first-order valence-electron chi connectivity index (χ1n) is 8.71. The third-order valence-corrected chi connectivity index (χ3v) is 4.96. The summed E-state index contributed by atoms with van der Waals surface area (Å²) in [7, 11) is 1.84. The number of likely N-dealkylation sites (N-methyl/N-ethyl adjacent to an activating group) is 1. The monoisotopic (exact) mass is 319 g/mol. The van der Waals surface area contributed by atoms with Gasteiger partial charge in [0, 0.05) is 58.6 Å². The molecule has 1 aliphatic heterocycles. The van der Waals surface area contributed by atoms with E-state index in [0.717, 1.165) is 45.6 Å². The number of carbonyl (C=O) groups is 1. The largest absolute Gasteiger partial charge is 0.374 e. The van der Waals surface area contributed by atoms with Gasteiger partial charge < -0.3 is 15.5 Å². The summed E-state index contributed by atoms with van der Waals surface area (Å²) < 4.78 is 0. The number of carbonyl (C=O) groups excluding carboxylic acids is 1. The summed E-state index contributed by atoms with van der Waals surface area (Å²) in [6.07, 6.45) is 7.47. The summed E-state index contributed by atoms with van der Waals surface area (Å²) in [5.74, 6) is -0.135. The predicted octanol–water partition coefficient (Wildman–Crippen LogP) is 0.761. The molecule has 0 atom stereocenters. The molecule has 1 aliphatic carbocycles. The lowest BCUT2D eigenvalue weighted by Gasteiger charge is -2.34. The Morgan fingerprint density at radius 2 is 1.91 bits per heavy atom. The molecule has 2 N–H and O–H groups in total. The van der Waals surface area contributed by atoms with Gasteiger partial charge in [-0.1, -0.05) is 19.3 Å². The number of rotatable bonds is 5. The Labute approximate surface area is 139 Å². The molecule has 0 aromatic rings. The van der Waals surface area contributed by atoms with Gasteiger partial charge in [0.1, 0.15) is 11.6 Å². The van der Waals surface area contributed by atoms with Gasteiger partial charge in [0.25, 0.3) is 5.91 Å². The van der Waals surface area contributed by atoms with Gasteiger partial charge in [0.15, 0.2) is 0 Å². The normalized spacial score (nSPS) is 21.1. The van der Waals surface area contributed by atoms with Gasteiger partial charge in [-0.05, 0) is 12.8 Å². The summed E-state index contributed by atoms with van der Waals surface area (Å²) in [6.45, 7) is 5.12. The van der Waals surface area contributed by atoms with Crippen LogP contribution in [0.1, 0.15) is 32.1 Å². The second-order valence-electron chi connectivity index (χ2n) is 6.53. The SMILES string of the molecule is CN(C(=O)/C(C#N)=C\N1CCN(CCN)CC1)C1CCCCC1. The minimum atomic E-state index is -0.135. The maximum atomic E-state index is 12.6. The van der Waals surface area contributed by atoms with Crippen molar-refractivity contribution in [3.05, 3.63) is 11.8 Å². The van der Waals surface area contributed by atoms with Crippen LogP contribution < -0.4 is 5.73 Å². The van der Waals surface area contributed by atoms with Crippen LogP contribution in [0.4, 0.5) is 0 Å². The molecular formula is C17H29N5O. The van der Waals surface area contributed by atoms with Gasteiger partial charge in [0.2, 0.25) is 0 Å². The Hall–Kier alpha value is -1.58. The minimum absolute atomic E-state index is 0.135. The maximum absolute atomic E-state index is 12.6. The van der Waals surface area contributed by atoms with E-state index in [9.17, 15) is 10.1 Å². The van der Waals surface area contributed by atoms with Crippen LogP contribution in [0.15, 0.2) is 11.8 Å². The van der Waals surface area contributed by atoms with Crippen LogP contribution in [-0.2, 0) is 4.79 Å². The van der Waals surface area contributed by atoms with Crippen LogP contribution in [0.2, 0.25) is 0 Å². The Bertz CT molecular complexity index is 456. The van der Waals surface area contributed by atoms with E-state index in [0.29, 0.717) is 6.54 Å². The third kappa shape index (κ3) is 4.95. The summed E-state index contributed by atoms with van der Waals surface area (Å²) in [5.41, 5.74) is 5.83. The number of amides is 1. The fourth-order valence-electron chi connectivity index (χ4n) is 3.44. The fourth-order valence-corrected chi connectivity index (χ4v) is 3.44. The van der Waals surface area contributed by atoms with Gasteiger partial charge >= 0.3 is 0 Å². The molecule has 0 spiro atoms. The average molecular weight is 319 g/mol. The number of hydrogen-bond donors (Lipinski definition) is 1. The molecule has 2 aliphatic rings. The van der Waals surface area contributed by atoms with Gasteiger partial charge in [-0.3, -0.25) is 9.69 Å². The lowest BCUT2D eigenvalue weighted by Crippen LogP contribution is -2.46. The van der Waals surface area contributed by atoms with Crippen molar-refractivity contribution in [1.29, 1.82) is 5.26 Å². The molecule has 2 fully saturated rings. The van der Waals surface area contributed by atoms with E-state index in [4.69, 9.17) is 5.73 Å². The van der Waals surface area contributed by atoms with Crippen LogP contribution >= 0.6 is 0 Å². The zero-order valence-electron chi connectivity index (χ0n) is 14.2. The minimum Gasteiger partial charge on any atom is -0.374 e. The first-order chi connectivity index (χ1) is 11.2. The van der Waals surface area contributed by atoms with Crippen molar-refractivity contribution >= 4 is 5.91 Å². The standard InChI is InChI=1S/C17H29N5O/c1-20(16-5-3-2-4-6-16)17(23)15(13-19)14-22-11-9-21(8-7-18)10-12-22/h14,16H,2-12,18H2,1H3/b15-14-. The summed E-state index contributed by atoms with van der Waals surface area (Å²) >= 11 is 0. The van der Waals surface area contributed by atoms with Crippen molar-refractivity contribution in [1.82, 2.24) is 14.7 Å². The molecule has 0 aromatic heterocycles. The zero-order valence-corrected chi connectivity index (χ0v) is 14.2. The molecule has 23 heavy (non-hydrogen) atoms. The molecule has 2 rings (SSSR count). The highest BCUT2D eigenvalue weighted by atomic mass is 16.2. The second-order valence-corrected chi connectivity index (χ2v) is 6.53. The molecule has 0 radical (unpaired) electrons. The molecule has 0 aromatic carbocycles. The first-order valence-corrected chi connectivity index (χ1v) is 8.71. The maximum Gasteiger partial charge on any atom is 0.265 e. The van der Waals surface area contributed by atoms with Crippen molar-refractivity contribution in [3.63, 3.8) is 0 Å². The molecule has 6 heteroatoms. The van der Waals surface area contributed by atoms with Crippen LogP contribution in [0.5, 0.6) is 0 Å². The fraction of sp³-hybridized carbons (Fsp3) is 0.765. The number of nitrogens with zero attached hydrogens (tertiary/aromatic N) is 4. The van der Waals surface area contributed by atoms with E-state index < -0.39 is 0 Å². The van der Waals surface area contributed by atoms with Gasteiger partial charge in [0.05, 0.1) is 0 Å². The van der Waals surface area contributed by atoms with E-state index >= 15 is 0 Å². The van der Waals surface area contributed by atoms with Crippen molar-refractivity contribution in [2.75, 3.05) is 46.3 Å². The highest BCUT2D eigenvalue weighted by Gasteiger charge is 2.25. The number of nitrogens with two attached hydrogens (primary N) is 1. The molecule has 1 saturated heterocycles. The lowest BCUT2D eigenvalue weighted by atomic mass is 9.94. The van der Waals surface area contributed by atoms with Crippen molar-refractivity contribution in [2.24, 2.45) is 5.73 Å². The molecule has 128 valence electrons. The quantitative estimate of drug-likeness (QED) is 0.598. The number of nitriles is 1. The van der Waals surface area contributed by atoms with Gasteiger partial charge in [-0.15, -0.1) is 0 Å². The topological polar surface area (TPSA) is 76.6 Å². The van der Waals surface area contributed by atoms with Gasteiger partial charge in [-0.2, -0.15) is 5.26 Å². The van der Waals surface area contributed by atoms with Crippen LogP contribution in [0, 0.1) is 11.3 Å². The van der Waals surface area contributed by atoms with E-state index in [1.54, 1.807) is 11.1 Å². The van der Waals surface area contributed by atoms with E-state index in [2.05, 4.69) is 15.9 Å². The van der Waals surface area contributed by atoms with Crippen LogP contribution in [0.25, 0.3) is 0 Å². The molecule has 0 unspecified atom stereocenters. The van der Waals surface area contributed by atoms with E-state index in [-0.39, 0.29) is 17.5 Å². The number of piperazine rings is 1. The van der Waals surface area contributed by atoms with Gasteiger partial charge in [-0.25, -0.2) is 0 Å². The Balaban J connectivity index is 1.93. The van der Waals surface area contributed by atoms with Crippen LogP contribution in [0.3, 0.4) is 0 Å². The summed E-state index contributed by atoms with van der Waals surface area (Å²) in [4.78, 5) is 18.8. The molecular weight excluding hydrogens is 290 g/mol. The molecule has 0 bridgehead atoms.